The van der Waals surface area contributed by atoms with Crippen LogP contribution < -0.4 is 10.2 Å². The Hall–Kier alpha value is -1.95. The monoisotopic (exact) mass is 292 g/mol. The summed E-state index contributed by atoms with van der Waals surface area (Å²) in [6, 6.07) is 7.21. The highest BCUT2D eigenvalue weighted by Crippen LogP contribution is 2.22. The van der Waals surface area contributed by atoms with Crippen LogP contribution in [-0.2, 0) is 9.53 Å². The first kappa shape index (κ1) is 14.5. The van der Waals surface area contributed by atoms with Crippen molar-refractivity contribution in [2.45, 2.75) is 20.0 Å². The Kier molecular flexibility index (Phi) is 4.34. The molecule has 0 bridgehead atoms. The molecule has 1 heterocycles. The second-order valence-electron chi connectivity index (χ2n) is 4.66. The molecule has 1 aliphatic rings. The molecule has 1 unspecified atom stereocenters. The van der Waals surface area contributed by atoms with Gasteiger partial charge in [0.2, 0.25) is 5.91 Å². The van der Waals surface area contributed by atoms with E-state index in [9.17, 15) is 9.59 Å². The zero-order valence-corrected chi connectivity index (χ0v) is 12.2. The fourth-order valence-corrected chi connectivity index (χ4v) is 2.29. The molecule has 1 atom stereocenters. The Morgan fingerprint density at radius 1 is 1.35 bits per heavy atom. The molecule has 6 heteroatoms. The van der Waals surface area contributed by atoms with Crippen molar-refractivity contribution in [3.8, 4) is 0 Å². The van der Waals surface area contributed by atoms with Crippen molar-refractivity contribution >= 4 is 34.8 Å². The van der Waals surface area contributed by atoms with Gasteiger partial charge in [0.25, 0.3) is 5.17 Å². The molecular weight excluding hydrogens is 276 g/mol. The molecule has 1 aromatic rings. The van der Waals surface area contributed by atoms with Crippen LogP contribution in [0.25, 0.3) is 0 Å². The number of nitrogens with zero attached hydrogens (tertiary/aromatic N) is 1. The van der Waals surface area contributed by atoms with Gasteiger partial charge < -0.3 is 10.1 Å². The number of thiocarbonyl (C=S) groups is 1. The smallest absolute Gasteiger partial charge is 0.264 e. The predicted octanol–water partition coefficient (Wildman–Crippen LogP) is 1.52. The maximum Gasteiger partial charge on any atom is 0.264 e. The summed E-state index contributed by atoms with van der Waals surface area (Å²) in [5.74, 6) is -0.0656. The van der Waals surface area contributed by atoms with Crippen molar-refractivity contribution in [1.82, 2.24) is 5.32 Å². The summed E-state index contributed by atoms with van der Waals surface area (Å²) in [5.41, 5.74) is 1.54. The zero-order chi connectivity index (χ0) is 14.7. The van der Waals surface area contributed by atoms with Crippen LogP contribution in [-0.4, -0.2) is 36.1 Å². The van der Waals surface area contributed by atoms with Gasteiger partial charge in [0.1, 0.15) is 6.10 Å². The van der Waals surface area contributed by atoms with Crippen molar-refractivity contribution in [2.24, 2.45) is 0 Å². The van der Waals surface area contributed by atoms with Crippen LogP contribution in [0.5, 0.6) is 0 Å². The van der Waals surface area contributed by atoms with Gasteiger partial charge in [-0.15, -0.1) is 0 Å². The van der Waals surface area contributed by atoms with Crippen LogP contribution in [0.1, 0.15) is 24.2 Å². The van der Waals surface area contributed by atoms with Crippen LogP contribution in [0.2, 0.25) is 0 Å². The van der Waals surface area contributed by atoms with Gasteiger partial charge in [-0.1, -0.05) is 0 Å². The molecular formula is C14H16N2O3S. The van der Waals surface area contributed by atoms with E-state index in [0.717, 1.165) is 5.69 Å². The summed E-state index contributed by atoms with van der Waals surface area (Å²) in [7, 11) is 0. The van der Waals surface area contributed by atoms with E-state index < -0.39 is 0 Å². The third-order valence-corrected chi connectivity index (χ3v) is 3.35. The van der Waals surface area contributed by atoms with Gasteiger partial charge in [-0.2, -0.15) is 0 Å². The molecule has 0 aromatic heterocycles. The maximum absolute atomic E-state index is 11.2. The number of nitrogens with one attached hydrogen (secondary N) is 1. The van der Waals surface area contributed by atoms with E-state index in [1.165, 1.54) is 13.8 Å². The molecule has 0 spiro atoms. The number of anilines is 1. The summed E-state index contributed by atoms with van der Waals surface area (Å²) in [5, 5.41) is 3.09. The lowest BCUT2D eigenvalue weighted by Gasteiger charge is -2.15. The average molecular weight is 292 g/mol. The number of ether oxygens (including phenoxy) is 1. The minimum Gasteiger partial charge on any atom is -0.464 e. The molecule has 5 nitrogen and oxygen atoms in total. The SMILES string of the molecule is CC(=O)NCC1CN(c2ccc(C(C)=O)cc2)C(=S)O1. The second kappa shape index (κ2) is 6.00. The van der Waals surface area contributed by atoms with Crippen LogP contribution in [0, 0.1) is 0 Å². The van der Waals surface area contributed by atoms with Crippen molar-refractivity contribution < 1.29 is 14.3 Å². The topological polar surface area (TPSA) is 58.6 Å². The van der Waals surface area contributed by atoms with Crippen molar-refractivity contribution in [2.75, 3.05) is 18.0 Å². The zero-order valence-electron chi connectivity index (χ0n) is 11.4. The Labute approximate surface area is 122 Å². The van der Waals surface area contributed by atoms with E-state index in [4.69, 9.17) is 17.0 Å². The lowest BCUT2D eigenvalue weighted by Crippen LogP contribution is -2.33. The van der Waals surface area contributed by atoms with E-state index in [2.05, 4.69) is 5.32 Å². The Morgan fingerprint density at radius 3 is 2.55 bits per heavy atom. The molecule has 20 heavy (non-hydrogen) atoms. The molecule has 0 radical (unpaired) electrons. The van der Waals surface area contributed by atoms with Gasteiger partial charge in [0.05, 0.1) is 13.1 Å². The van der Waals surface area contributed by atoms with Crippen LogP contribution >= 0.6 is 12.2 Å². The van der Waals surface area contributed by atoms with E-state index in [0.29, 0.717) is 23.8 Å². The van der Waals surface area contributed by atoms with Gasteiger partial charge in [-0.05, 0) is 43.4 Å². The third kappa shape index (κ3) is 3.33. The van der Waals surface area contributed by atoms with Crippen molar-refractivity contribution in [1.29, 1.82) is 0 Å². The number of Topliss-reactive ketones (excluding diaryl/α,β-unsaturated/α-hetero) is 1. The van der Waals surface area contributed by atoms with Gasteiger partial charge in [0, 0.05) is 18.2 Å². The molecule has 1 amide bonds. The highest BCUT2D eigenvalue weighted by Gasteiger charge is 2.29. The van der Waals surface area contributed by atoms with Crippen LogP contribution in [0.3, 0.4) is 0 Å². The summed E-state index contributed by atoms with van der Waals surface area (Å²) >= 11 is 5.19. The first-order valence-corrected chi connectivity index (χ1v) is 6.72. The van der Waals surface area contributed by atoms with E-state index >= 15 is 0 Å². The minimum absolute atomic E-state index is 0.0281. The third-order valence-electron chi connectivity index (χ3n) is 3.04. The molecule has 0 saturated carbocycles. The predicted molar refractivity (Wildman–Crippen MR) is 79.9 cm³/mol. The second-order valence-corrected chi connectivity index (χ2v) is 5.01. The largest absolute Gasteiger partial charge is 0.464 e. The molecule has 1 aliphatic heterocycles. The molecule has 1 aromatic carbocycles. The van der Waals surface area contributed by atoms with E-state index in [1.807, 2.05) is 17.0 Å². The average Bonchev–Trinajstić information content (AvgIpc) is 2.78. The lowest BCUT2D eigenvalue weighted by molar-refractivity contribution is -0.119. The van der Waals surface area contributed by atoms with Crippen molar-refractivity contribution in [3.63, 3.8) is 0 Å². The van der Waals surface area contributed by atoms with Gasteiger partial charge in [-0.3, -0.25) is 14.5 Å². The van der Waals surface area contributed by atoms with Gasteiger partial charge in [-0.25, -0.2) is 0 Å². The number of ketones is 1. The molecule has 1 fully saturated rings. The molecule has 2 rings (SSSR count). The number of benzene rings is 1. The standard InChI is InChI=1S/C14H16N2O3S/c1-9(17)11-3-5-12(6-4-11)16-8-13(19-14(16)20)7-15-10(2)18/h3-6,13H,7-8H2,1-2H3,(H,15,18). The van der Waals surface area contributed by atoms with Crippen LogP contribution in [0.15, 0.2) is 24.3 Å². The number of hydrogen-bond donors (Lipinski definition) is 1. The molecule has 0 aliphatic carbocycles. The number of rotatable bonds is 4. The lowest BCUT2D eigenvalue weighted by atomic mass is 10.1. The number of carbonyl (C=O) groups is 2. The summed E-state index contributed by atoms with van der Waals surface area (Å²) in [6.07, 6.45) is -0.154. The van der Waals surface area contributed by atoms with Gasteiger partial charge in [0.15, 0.2) is 5.78 Å². The Balaban J connectivity index is 2.03. The highest BCUT2D eigenvalue weighted by molar-refractivity contribution is 7.80. The highest BCUT2D eigenvalue weighted by atomic mass is 32.1. The minimum atomic E-state index is -0.154. The Bertz CT molecular complexity index is 542. The fraction of sp³-hybridized carbons (Fsp3) is 0.357. The summed E-state index contributed by atoms with van der Waals surface area (Å²) < 4.78 is 5.53. The van der Waals surface area contributed by atoms with E-state index in [1.54, 1.807) is 12.1 Å². The molecule has 106 valence electrons. The molecule has 1 saturated heterocycles. The summed E-state index contributed by atoms with van der Waals surface area (Å²) in [6.45, 7) is 4.00. The fourth-order valence-electron chi connectivity index (χ4n) is 1.97. The normalized spacial score (nSPS) is 17.8. The van der Waals surface area contributed by atoms with Crippen molar-refractivity contribution in [3.05, 3.63) is 29.8 Å². The van der Waals surface area contributed by atoms with Gasteiger partial charge >= 0.3 is 0 Å². The first-order chi connectivity index (χ1) is 9.47. The first-order valence-electron chi connectivity index (χ1n) is 6.31. The molecule has 1 N–H and O–H groups in total. The number of amides is 1. The number of hydrogen-bond acceptors (Lipinski definition) is 4. The number of carbonyl (C=O) groups excluding carboxylic acids is 2. The van der Waals surface area contributed by atoms with E-state index in [-0.39, 0.29) is 17.8 Å². The summed E-state index contributed by atoms with van der Waals surface area (Å²) in [4.78, 5) is 24.0. The Morgan fingerprint density at radius 2 is 2.00 bits per heavy atom. The quantitative estimate of drug-likeness (QED) is 0.673. The van der Waals surface area contributed by atoms with Crippen LogP contribution in [0.4, 0.5) is 5.69 Å². The maximum atomic E-state index is 11.2.